The van der Waals surface area contributed by atoms with Gasteiger partial charge in [-0.1, -0.05) is 0 Å². The molecule has 7 nitrogen and oxygen atoms in total. The van der Waals surface area contributed by atoms with Crippen molar-refractivity contribution >= 4 is 28.9 Å². The van der Waals surface area contributed by atoms with Crippen LogP contribution in [0.4, 0.5) is 5.69 Å². The first-order valence-corrected chi connectivity index (χ1v) is 6.07. The maximum absolute atomic E-state index is 10.8. The van der Waals surface area contributed by atoms with Gasteiger partial charge in [0.15, 0.2) is 0 Å². The summed E-state index contributed by atoms with van der Waals surface area (Å²) < 4.78 is 0. The number of hydrogen-bond acceptors (Lipinski definition) is 6. The summed E-state index contributed by atoms with van der Waals surface area (Å²) in [4.78, 5) is 18.8. The maximum Gasteiger partial charge on any atom is 0.271 e. The summed E-state index contributed by atoms with van der Waals surface area (Å²) in [6.07, 6.45) is 2.78. The van der Waals surface area contributed by atoms with Crippen LogP contribution in [0, 0.1) is 10.1 Å². The maximum atomic E-state index is 10.8. The molecular weight excluding hydrogens is 274 g/mol. The molecule has 1 aromatic heterocycles. The first-order valence-electron chi connectivity index (χ1n) is 6.07. The van der Waals surface area contributed by atoms with Gasteiger partial charge in [-0.25, -0.2) is 9.97 Å². The summed E-state index contributed by atoms with van der Waals surface area (Å²) in [5.74, 6) is 0.0510. The molecule has 2 aromatic rings. The molecule has 0 unspecified atom stereocenters. The van der Waals surface area contributed by atoms with Crippen molar-refractivity contribution in [3.63, 3.8) is 0 Å². The molecule has 0 bridgehead atoms. The Morgan fingerprint density at radius 3 is 2.10 bits per heavy atom. The van der Waals surface area contributed by atoms with Crippen LogP contribution in [0.3, 0.4) is 0 Å². The highest BCUT2D eigenvalue weighted by molar-refractivity contribution is 5.80. The summed E-state index contributed by atoms with van der Waals surface area (Å²) >= 11 is 0. The Hall–Kier alpha value is -2.96. The van der Waals surface area contributed by atoms with E-state index in [4.69, 9.17) is 0 Å². The zero-order valence-corrected chi connectivity index (χ0v) is 11.4. The van der Waals surface area contributed by atoms with Gasteiger partial charge < -0.3 is 10.2 Å². The van der Waals surface area contributed by atoms with Crippen molar-refractivity contribution in [2.75, 3.05) is 0 Å². The van der Waals surface area contributed by atoms with Crippen molar-refractivity contribution in [3.8, 4) is 0 Å². The lowest BCUT2D eigenvalue weighted by Crippen LogP contribution is -1.97. The van der Waals surface area contributed by atoms with Crippen LogP contribution in [-0.2, 0) is 0 Å². The third kappa shape index (κ3) is 3.33. The van der Waals surface area contributed by atoms with E-state index in [2.05, 4.69) is 9.97 Å². The first-order chi connectivity index (χ1) is 9.86. The molecule has 0 amide bonds. The number of rotatable bonds is 3. The molecule has 0 aliphatic carbocycles. The summed E-state index contributed by atoms with van der Waals surface area (Å²) in [5.41, 5.74) is 1.39. The molecule has 108 valence electrons. The van der Waals surface area contributed by atoms with Gasteiger partial charge in [-0.2, -0.15) is 0 Å². The molecule has 0 saturated heterocycles. The van der Waals surface area contributed by atoms with Crippen LogP contribution in [0.15, 0.2) is 29.7 Å². The summed E-state index contributed by atoms with van der Waals surface area (Å²) in [6.45, 7) is 2.96. The van der Waals surface area contributed by atoms with Crippen molar-refractivity contribution in [1.29, 1.82) is 0 Å². The zero-order chi connectivity index (χ0) is 15.6. The van der Waals surface area contributed by atoms with Crippen LogP contribution in [0.2, 0.25) is 0 Å². The minimum atomic E-state index is -0.514. The number of nitro benzene ring substituents is 1. The fraction of sp³-hybridized carbons (Fsp3) is 0.143. The van der Waals surface area contributed by atoms with Crippen LogP contribution in [-0.4, -0.2) is 25.1 Å². The largest absolute Gasteiger partial charge is 0.513 e. The van der Waals surface area contributed by atoms with E-state index in [1.807, 2.05) is 0 Å². The van der Waals surface area contributed by atoms with E-state index in [9.17, 15) is 20.3 Å². The van der Waals surface area contributed by atoms with Gasteiger partial charge in [-0.05, 0) is 19.9 Å². The van der Waals surface area contributed by atoms with Crippen molar-refractivity contribution < 1.29 is 15.1 Å². The Balaban J connectivity index is 2.73. The first kappa shape index (κ1) is 14.4. The average molecular weight is 287 g/mol. The third-order valence-corrected chi connectivity index (χ3v) is 2.61. The smallest absolute Gasteiger partial charge is 0.271 e. The zero-order valence-electron chi connectivity index (χ0n) is 11.4. The second-order valence-electron chi connectivity index (χ2n) is 4.50. The molecule has 2 rings (SSSR count). The lowest BCUT2D eigenvalue weighted by Gasteiger charge is -2.04. The van der Waals surface area contributed by atoms with Gasteiger partial charge in [0.25, 0.3) is 5.69 Å². The predicted octanol–water partition coefficient (Wildman–Crippen LogP) is 3.38. The molecule has 21 heavy (non-hydrogen) atoms. The topological polar surface area (TPSA) is 109 Å². The summed E-state index contributed by atoms with van der Waals surface area (Å²) in [6, 6.07) is 4.14. The minimum absolute atomic E-state index is 0.0133. The molecular formula is C14H13N3O4. The number of nitrogens with zero attached hydrogens (tertiary/aromatic N) is 3. The quantitative estimate of drug-likeness (QED) is 0.508. The van der Waals surface area contributed by atoms with Crippen LogP contribution >= 0.6 is 0 Å². The number of non-ortho nitro benzene ring substituents is 1. The molecule has 0 spiro atoms. The van der Waals surface area contributed by atoms with Crippen molar-refractivity contribution in [2.45, 2.75) is 13.8 Å². The van der Waals surface area contributed by atoms with Crippen LogP contribution in [0.5, 0.6) is 0 Å². The number of nitro groups is 1. The van der Waals surface area contributed by atoms with Gasteiger partial charge in [0.1, 0.15) is 0 Å². The number of aliphatic hydroxyl groups excluding tert-OH is 2. The number of aromatic nitrogens is 2. The Morgan fingerprint density at radius 2 is 1.62 bits per heavy atom. The summed E-state index contributed by atoms with van der Waals surface area (Å²) in [7, 11) is 0. The number of benzene rings is 1. The molecule has 1 aromatic carbocycles. The normalized spacial score (nSPS) is 12.7. The molecule has 0 saturated carbocycles. The minimum Gasteiger partial charge on any atom is -0.513 e. The highest BCUT2D eigenvalue weighted by Crippen LogP contribution is 2.21. The van der Waals surface area contributed by atoms with E-state index >= 15 is 0 Å². The van der Waals surface area contributed by atoms with Gasteiger partial charge >= 0.3 is 0 Å². The predicted molar refractivity (Wildman–Crippen MR) is 78.8 cm³/mol. The number of allylic oxidation sites excluding steroid dienone is 2. The van der Waals surface area contributed by atoms with E-state index in [-0.39, 0.29) is 17.2 Å². The van der Waals surface area contributed by atoms with Crippen LogP contribution < -0.4 is 0 Å². The number of fused-ring (bicyclic) bond motifs is 1. The Morgan fingerprint density at radius 1 is 1.10 bits per heavy atom. The van der Waals surface area contributed by atoms with Gasteiger partial charge in [0, 0.05) is 24.3 Å². The molecule has 0 aliphatic rings. The molecule has 1 heterocycles. The van der Waals surface area contributed by atoms with Crippen LogP contribution in [0.1, 0.15) is 25.2 Å². The lowest BCUT2D eigenvalue weighted by molar-refractivity contribution is -0.384. The highest BCUT2D eigenvalue weighted by Gasteiger charge is 2.11. The SMILES string of the molecule is C/C(O)=C/c1nc2ccc([N+](=O)[O-])cc2nc1/C=C(\C)O. The standard InChI is InChI=1S/C14H13N3O4/c1-8(18)5-12-13(6-9(2)19)16-14-7-10(17(20)21)3-4-11(14)15-12/h3-7,18-19H,1-2H3/b8-5-,9-6+. The Kier molecular flexibility index (Phi) is 3.84. The van der Waals surface area contributed by atoms with Crippen molar-refractivity contribution in [1.82, 2.24) is 9.97 Å². The Bertz CT molecular complexity index is 773. The molecule has 0 aliphatic heterocycles. The monoisotopic (exact) mass is 287 g/mol. The molecule has 0 atom stereocenters. The molecule has 2 N–H and O–H groups in total. The van der Waals surface area contributed by atoms with Gasteiger partial charge in [0.05, 0.1) is 38.9 Å². The van der Waals surface area contributed by atoms with Gasteiger partial charge in [0.2, 0.25) is 0 Å². The second-order valence-corrected chi connectivity index (χ2v) is 4.50. The van der Waals surface area contributed by atoms with Gasteiger partial charge in [-0.3, -0.25) is 10.1 Å². The fourth-order valence-corrected chi connectivity index (χ4v) is 1.79. The molecule has 0 radical (unpaired) electrons. The van der Waals surface area contributed by atoms with Gasteiger partial charge in [-0.15, -0.1) is 0 Å². The third-order valence-electron chi connectivity index (χ3n) is 2.61. The van der Waals surface area contributed by atoms with E-state index in [1.165, 1.54) is 44.2 Å². The number of hydrogen-bond donors (Lipinski definition) is 2. The van der Waals surface area contributed by atoms with E-state index < -0.39 is 4.92 Å². The Labute approximate surface area is 120 Å². The average Bonchev–Trinajstić information content (AvgIpc) is 2.37. The van der Waals surface area contributed by atoms with E-state index in [1.54, 1.807) is 0 Å². The van der Waals surface area contributed by atoms with Crippen molar-refractivity contribution in [3.05, 3.63) is 51.2 Å². The molecule has 7 heteroatoms. The van der Waals surface area contributed by atoms with Crippen molar-refractivity contribution in [2.24, 2.45) is 0 Å². The van der Waals surface area contributed by atoms with E-state index in [0.717, 1.165) is 0 Å². The fourth-order valence-electron chi connectivity index (χ4n) is 1.79. The van der Waals surface area contributed by atoms with Crippen LogP contribution in [0.25, 0.3) is 23.2 Å². The summed E-state index contributed by atoms with van der Waals surface area (Å²) in [5, 5.41) is 29.5. The number of aliphatic hydroxyl groups is 2. The lowest BCUT2D eigenvalue weighted by atomic mass is 10.2. The van der Waals surface area contributed by atoms with E-state index in [0.29, 0.717) is 22.4 Å². The second kappa shape index (κ2) is 5.58. The molecule has 0 fully saturated rings. The highest BCUT2D eigenvalue weighted by atomic mass is 16.6.